The van der Waals surface area contributed by atoms with Crippen molar-refractivity contribution in [3.05, 3.63) is 77.1 Å². The Morgan fingerprint density at radius 2 is 2.00 bits per heavy atom. The van der Waals surface area contributed by atoms with E-state index in [0.717, 1.165) is 10.0 Å². The Balaban J connectivity index is 1.76. The van der Waals surface area contributed by atoms with Crippen LogP contribution < -0.4 is 0 Å². The van der Waals surface area contributed by atoms with Crippen molar-refractivity contribution in [1.29, 1.82) is 0 Å². The monoisotopic (exact) mass is 543 g/mol. The van der Waals surface area contributed by atoms with Crippen molar-refractivity contribution in [2.24, 2.45) is 0 Å². The first kappa shape index (κ1) is 24.4. The molecule has 34 heavy (non-hydrogen) atoms. The Kier molecular flexibility index (Phi) is 6.54. The van der Waals surface area contributed by atoms with Crippen molar-refractivity contribution in [1.82, 2.24) is 13.9 Å². The van der Waals surface area contributed by atoms with E-state index in [1.807, 2.05) is 18.2 Å². The van der Waals surface area contributed by atoms with E-state index in [1.165, 1.54) is 8.87 Å². The summed E-state index contributed by atoms with van der Waals surface area (Å²) in [5.41, 5.74) is 2.32. The Labute approximate surface area is 207 Å². The van der Waals surface area contributed by atoms with Crippen molar-refractivity contribution in [3.8, 4) is 11.1 Å². The summed E-state index contributed by atoms with van der Waals surface area (Å²) in [6.45, 7) is 3.56. The van der Waals surface area contributed by atoms with Gasteiger partial charge < -0.3 is 10.0 Å². The van der Waals surface area contributed by atoms with E-state index < -0.39 is 20.9 Å². The van der Waals surface area contributed by atoms with E-state index in [0.29, 0.717) is 28.6 Å². The number of benzene rings is 1. The summed E-state index contributed by atoms with van der Waals surface area (Å²) in [7, 11) is -2.20. The van der Waals surface area contributed by atoms with Crippen LogP contribution in [0.1, 0.15) is 30.6 Å². The molecule has 9 heteroatoms. The number of pyridine rings is 1. The van der Waals surface area contributed by atoms with Gasteiger partial charge in [0.15, 0.2) is 5.65 Å². The zero-order chi connectivity index (χ0) is 24.7. The first-order chi connectivity index (χ1) is 16.0. The highest BCUT2D eigenvalue weighted by molar-refractivity contribution is 9.11. The minimum Gasteiger partial charge on any atom is -0.392 e. The number of allylic oxidation sites excluding steroid dienone is 3. The van der Waals surface area contributed by atoms with Crippen LogP contribution in [0.15, 0.2) is 71.5 Å². The molecule has 0 radical (unpaired) electrons. The Morgan fingerprint density at radius 1 is 1.29 bits per heavy atom. The van der Waals surface area contributed by atoms with Crippen LogP contribution in [0.2, 0.25) is 0 Å². The van der Waals surface area contributed by atoms with Gasteiger partial charge in [-0.2, -0.15) is 0 Å². The number of hydrogen-bond donors (Lipinski definition) is 1. The van der Waals surface area contributed by atoms with Gasteiger partial charge in [0.05, 0.1) is 6.10 Å². The number of hydrogen-bond acceptors (Lipinski definition) is 5. The summed E-state index contributed by atoms with van der Waals surface area (Å²) in [5, 5.41) is 10.2. The third-order valence-corrected chi connectivity index (χ3v) is 8.70. The maximum atomic E-state index is 13.8. The summed E-state index contributed by atoms with van der Waals surface area (Å²) in [6.07, 6.45) is 8.30. The third-order valence-electron chi connectivity index (χ3n) is 5.95. The molecule has 1 N–H and O–H groups in total. The Morgan fingerprint density at radius 3 is 2.65 bits per heavy atom. The molecule has 1 aromatic carbocycles. The molecular weight excluding hydrogens is 518 g/mol. The van der Waals surface area contributed by atoms with Crippen molar-refractivity contribution < 1.29 is 18.3 Å². The molecule has 0 bridgehead atoms. The molecule has 0 spiro atoms. The summed E-state index contributed by atoms with van der Waals surface area (Å²) < 4.78 is 28.4. The Bertz CT molecular complexity index is 1410. The molecule has 1 aliphatic carbocycles. The average Bonchev–Trinajstić information content (AvgIpc) is 3.18. The normalized spacial score (nSPS) is 19.1. The van der Waals surface area contributed by atoms with E-state index in [-0.39, 0.29) is 12.5 Å². The molecule has 178 valence electrons. The predicted molar refractivity (Wildman–Crippen MR) is 137 cm³/mol. The first-order valence-corrected chi connectivity index (χ1v) is 13.1. The molecule has 0 saturated heterocycles. The number of aliphatic hydroxyl groups excluding tert-OH is 1. The minimum absolute atomic E-state index is 0.199. The topological polar surface area (TPSA) is 92.5 Å². The molecule has 7 nitrogen and oxygen atoms in total. The molecule has 1 amide bonds. The molecule has 0 fully saturated rings. The average molecular weight is 544 g/mol. The highest BCUT2D eigenvalue weighted by Crippen LogP contribution is 2.37. The van der Waals surface area contributed by atoms with Gasteiger partial charge in [-0.05, 0) is 56.2 Å². The number of likely N-dealkylation sites (N-methyl/N-ethyl adjacent to an activating group) is 1. The number of aliphatic hydroxyl groups is 1. The minimum atomic E-state index is -3.84. The lowest BCUT2D eigenvalue weighted by Crippen LogP contribution is -2.38. The van der Waals surface area contributed by atoms with E-state index in [9.17, 15) is 18.3 Å². The smallest absolute Gasteiger partial charge is 0.253 e. The number of amides is 1. The molecule has 0 aliphatic heterocycles. The molecule has 1 aliphatic rings. The molecule has 3 aromatic rings. The van der Waals surface area contributed by atoms with E-state index in [1.54, 1.807) is 69.7 Å². The highest BCUT2D eigenvalue weighted by Gasteiger charge is 2.40. The zero-order valence-corrected chi connectivity index (χ0v) is 21.5. The van der Waals surface area contributed by atoms with Gasteiger partial charge >= 0.3 is 0 Å². The highest BCUT2D eigenvalue weighted by atomic mass is 79.9. The van der Waals surface area contributed by atoms with Crippen molar-refractivity contribution in [2.75, 3.05) is 13.6 Å². The number of halogens is 1. The standard InChI is InChI=1S/C25H26BrN3O4S/c1-17(30)15-28(3)24(31)19-10-8-18(9-11-19)22-16-29(23-21(22)7-5-13-27-23)34(32,33)25(2)12-4-6-20(26)14-25/h4-11,13-14,16-17,30H,12,15H2,1-3H3/t17-,25?/m0/s1. The van der Waals surface area contributed by atoms with Gasteiger partial charge in [0, 0.05) is 47.0 Å². The van der Waals surface area contributed by atoms with E-state index in [2.05, 4.69) is 20.9 Å². The number of fused-ring (bicyclic) bond motifs is 1. The van der Waals surface area contributed by atoms with Gasteiger partial charge in [0.25, 0.3) is 5.91 Å². The SMILES string of the molecule is C[C@H](O)CN(C)C(=O)c1ccc(-c2cn(S(=O)(=O)C3(C)C=C(Br)C=CC3)c3ncccc23)cc1. The number of carbonyl (C=O) groups excluding carboxylic acids is 1. The van der Waals surface area contributed by atoms with Crippen molar-refractivity contribution in [3.63, 3.8) is 0 Å². The maximum Gasteiger partial charge on any atom is 0.253 e. The summed E-state index contributed by atoms with van der Waals surface area (Å²) in [6, 6.07) is 10.6. The van der Waals surface area contributed by atoms with Crippen LogP contribution in [0.4, 0.5) is 0 Å². The van der Waals surface area contributed by atoms with Crippen LogP contribution in [-0.2, 0) is 10.0 Å². The number of carbonyl (C=O) groups is 1. The van der Waals surface area contributed by atoms with Gasteiger partial charge in [-0.25, -0.2) is 17.4 Å². The summed E-state index contributed by atoms with van der Waals surface area (Å²) in [4.78, 5) is 18.5. The summed E-state index contributed by atoms with van der Waals surface area (Å²) >= 11 is 3.40. The lowest BCUT2D eigenvalue weighted by molar-refractivity contribution is 0.0703. The van der Waals surface area contributed by atoms with Gasteiger partial charge in [-0.1, -0.05) is 40.2 Å². The van der Waals surface area contributed by atoms with Crippen LogP contribution in [0.3, 0.4) is 0 Å². The number of nitrogens with zero attached hydrogens (tertiary/aromatic N) is 3. The fourth-order valence-corrected chi connectivity index (χ4v) is 6.64. The second kappa shape index (κ2) is 9.13. The molecule has 1 unspecified atom stereocenters. The van der Waals surface area contributed by atoms with Crippen molar-refractivity contribution in [2.45, 2.75) is 31.1 Å². The molecule has 2 aromatic heterocycles. The van der Waals surface area contributed by atoms with E-state index >= 15 is 0 Å². The second-order valence-corrected chi connectivity index (χ2v) is 12.0. The fraction of sp³-hybridized carbons (Fsp3) is 0.280. The number of rotatable bonds is 6. The zero-order valence-electron chi connectivity index (χ0n) is 19.1. The van der Waals surface area contributed by atoms with E-state index in [4.69, 9.17) is 0 Å². The van der Waals surface area contributed by atoms with Crippen molar-refractivity contribution >= 4 is 42.9 Å². The predicted octanol–water partition coefficient (Wildman–Crippen LogP) is 4.33. The molecule has 2 atom stereocenters. The second-order valence-electron chi connectivity index (χ2n) is 8.78. The lowest BCUT2D eigenvalue weighted by Gasteiger charge is -2.27. The quantitative estimate of drug-likeness (QED) is 0.499. The Hall–Kier alpha value is -2.75. The fourth-order valence-electron chi connectivity index (χ4n) is 4.14. The van der Waals surface area contributed by atoms with Gasteiger partial charge in [0.1, 0.15) is 4.75 Å². The van der Waals surface area contributed by atoms with Crippen LogP contribution in [0.25, 0.3) is 22.2 Å². The molecule has 2 heterocycles. The van der Waals surface area contributed by atoms with Gasteiger partial charge in [-0.15, -0.1) is 0 Å². The largest absolute Gasteiger partial charge is 0.392 e. The maximum absolute atomic E-state index is 13.8. The molecular formula is C25H26BrN3O4S. The first-order valence-electron chi connectivity index (χ1n) is 10.8. The van der Waals surface area contributed by atoms with Gasteiger partial charge in [0.2, 0.25) is 10.0 Å². The third kappa shape index (κ3) is 4.35. The van der Waals surface area contributed by atoms with Crippen LogP contribution in [0, 0.1) is 0 Å². The van der Waals surface area contributed by atoms with Gasteiger partial charge in [-0.3, -0.25) is 4.79 Å². The van der Waals surface area contributed by atoms with Crippen LogP contribution in [0.5, 0.6) is 0 Å². The van der Waals surface area contributed by atoms with Crippen LogP contribution >= 0.6 is 15.9 Å². The summed E-state index contributed by atoms with van der Waals surface area (Å²) in [5.74, 6) is -0.199. The molecule has 4 rings (SSSR count). The lowest BCUT2D eigenvalue weighted by atomic mass is 10.0. The number of aromatic nitrogens is 2. The van der Waals surface area contributed by atoms with Crippen LogP contribution in [-0.4, -0.2) is 57.7 Å². The molecule has 0 saturated carbocycles.